The molecule has 10 nitrogen and oxygen atoms in total. The summed E-state index contributed by atoms with van der Waals surface area (Å²) >= 11 is 3.34. The Balaban J connectivity index is 0.000000218. The molecule has 0 amide bonds. The number of carboxylic acid groups (broad SMARTS) is 2. The van der Waals surface area contributed by atoms with Gasteiger partial charge in [0.15, 0.2) is 10.3 Å². The maximum atomic E-state index is 12.7. The van der Waals surface area contributed by atoms with E-state index >= 15 is 0 Å². The van der Waals surface area contributed by atoms with Crippen molar-refractivity contribution in [2.24, 2.45) is 11.8 Å². The lowest BCUT2D eigenvalue weighted by atomic mass is 9.60. The fourth-order valence-electron chi connectivity index (χ4n) is 7.75. The summed E-state index contributed by atoms with van der Waals surface area (Å²) in [4.78, 5) is 51.8. The Morgan fingerprint density at radius 2 is 1.05 bits per heavy atom. The van der Waals surface area contributed by atoms with Gasteiger partial charge in [0.05, 0.1) is 33.5 Å². The quantitative estimate of drug-likeness (QED) is 0.141. The van der Waals surface area contributed by atoms with Crippen molar-refractivity contribution in [3.05, 3.63) is 80.8 Å². The van der Waals surface area contributed by atoms with E-state index in [4.69, 9.17) is 9.97 Å². The predicted molar refractivity (Wildman–Crippen MR) is 232 cm³/mol. The van der Waals surface area contributed by atoms with Crippen molar-refractivity contribution in [3.63, 3.8) is 0 Å². The maximum absolute atomic E-state index is 12.7. The summed E-state index contributed by atoms with van der Waals surface area (Å²) < 4.78 is 0. The van der Waals surface area contributed by atoms with E-state index in [9.17, 15) is 29.7 Å². The molecule has 0 bridgehead atoms. The second-order valence-corrected chi connectivity index (χ2v) is 21.1. The topological polar surface area (TPSA) is 144 Å². The lowest BCUT2D eigenvalue weighted by molar-refractivity contribution is -0.125. The number of ketones is 1. The number of aliphatic hydroxyl groups is 1. The third-order valence-electron chi connectivity index (χ3n) is 11.5. The summed E-state index contributed by atoms with van der Waals surface area (Å²) in [5.41, 5.74) is 1.94. The summed E-state index contributed by atoms with van der Waals surface area (Å²) in [5.74, 6) is -0.846. The number of carbonyl (C=O) groups is 3. The van der Waals surface area contributed by atoms with Crippen LogP contribution < -0.4 is 9.80 Å². The maximum Gasteiger partial charge on any atom is 0.335 e. The van der Waals surface area contributed by atoms with Crippen LogP contribution in [0.5, 0.6) is 0 Å². The second kappa shape index (κ2) is 15.6. The van der Waals surface area contributed by atoms with Gasteiger partial charge in [-0.3, -0.25) is 4.79 Å². The van der Waals surface area contributed by atoms with Crippen molar-refractivity contribution in [1.82, 2.24) is 9.97 Å². The molecule has 0 spiro atoms. The highest BCUT2D eigenvalue weighted by Gasteiger charge is 2.53. The number of aromatic carboxylic acids is 2. The zero-order valence-electron chi connectivity index (χ0n) is 35.8. The van der Waals surface area contributed by atoms with E-state index < -0.39 is 28.4 Å². The van der Waals surface area contributed by atoms with E-state index in [0.29, 0.717) is 24.7 Å². The van der Waals surface area contributed by atoms with Gasteiger partial charge in [-0.1, -0.05) is 69.2 Å². The van der Waals surface area contributed by atoms with Crippen molar-refractivity contribution in [2.45, 2.75) is 130 Å². The largest absolute Gasteiger partial charge is 0.478 e. The fraction of sp³-hybridized carbons (Fsp3) is 0.533. The van der Waals surface area contributed by atoms with Gasteiger partial charge in [-0.05, 0) is 87.6 Å². The number of carbonyl (C=O) groups excluding carboxylic acids is 1. The smallest absolute Gasteiger partial charge is 0.335 e. The van der Waals surface area contributed by atoms with Crippen LogP contribution in [0.1, 0.15) is 145 Å². The molecular formula is C45H60N4O6S2. The van der Waals surface area contributed by atoms with Gasteiger partial charge >= 0.3 is 11.9 Å². The van der Waals surface area contributed by atoms with Crippen molar-refractivity contribution >= 4 is 62.0 Å². The number of nitrogens with zero attached hydrogens (tertiary/aromatic N) is 4. The van der Waals surface area contributed by atoms with Crippen molar-refractivity contribution < 1.29 is 29.7 Å². The Kier molecular flexibility index (Phi) is 12.0. The predicted octanol–water partition coefficient (Wildman–Crippen LogP) is 10.5. The highest BCUT2D eigenvalue weighted by atomic mass is 32.1. The minimum Gasteiger partial charge on any atom is -0.478 e. The minimum absolute atomic E-state index is 0.166. The molecule has 57 heavy (non-hydrogen) atoms. The molecule has 2 aliphatic rings. The lowest BCUT2D eigenvalue weighted by Crippen LogP contribution is -2.53. The number of carboxylic acids is 2. The van der Waals surface area contributed by atoms with E-state index in [1.54, 1.807) is 46.9 Å². The summed E-state index contributed by atoms with van der Waals surface area (Å²) in [7, 11) is 0. The highest BCUT2D eigenvalue weighted by Crippen LogP contribution is 2.54. The van der Waals surface area contributed by atoms with Gasteiger partial charge in [-0.25, -0.2) is 19.6 Å². The minimum atomic E-state index is -0.936. The Bertz CT molecular complexity index is 2120. The first-order valence-corrected chi connectivity index (χ1v) is 21.3. The lowest BCUT2D eigenvalue weighted by Gasteiger charge is -2.49. The van der Waals surface area contributed by atoms with Crippen LogP contribution in [-0.4, -0.2) is 61.7 Å². The molecule has 2 aromatic carbocycles. The van der Waals surface area contributed by atoms with Crippen molar-refractivity contribution in [2.75, 3.05) is 22.9 Å². The van der Waals surface area contributed by atoms with Crippen LogP contribution in [-0.2, 0) is 26.5 Å². The second-order valence-electron chi connectivity index (χ2n) is 19.1. The third-order valence-corrected chi connectivity index (χ3v) is 14.4. The van der Waals surface area contributed by atoms with E-state index in [2.05, 4.69) is 79.0 Å². The fourth-order valence-corrected chi connectivity index (χ4v) is 10.5. The molecule has 2 aromatic heterocycles. The van der Waals surface area contributed by atoms with Crippen LogP contribution in [0, 0.1) is 11.8 Å². The number of aromatic nitrogens is 2. The van der Waals surface area contributed by atoms with Crippen LogP contribution in [0.2, 0.25) is 0 Å². The molecule has 1 unspecified atom stereocenters. The van der Waals surface area contributed by atoms with Crippen LogP contribution in [0.25, 0.3) is 0 Å². The molecule has 6 rings (SSSR count). The molecule has 308 valence electrons. The molecule has 3 N–H and O–H groups in total. The van der Waals surface area contributed by atoms with Crippen LogP contribution in [0.15, 0.2) is 48.5 Å². The number of Topliss-reactive ketones (excluding diaryl/α,β-unsaturated/α-hetero) is 1. The SMILES string of the molecule is CC(C)CN(c1ccc(C(=O)O)cc1)c1nc2c(s1)C(C)(C)CC(=O)C2(C)C.CC(C)CN(c1ccc(C(=O)O)cc1)c1nc2c(s1)C(C)(C)CC(C)(O)C2(C)C. The van der Waals surface area contributed by atoms with Gasteiger partial charge in [0, 0.05) is 56.9 Å². The molecule has 4 aromatic rings. The first-order chi connectivity index (χ1) is 26.2. The average Bonchev–Trinajstić information content (AvgIpc) is 3.77. The number of hydrogen-bond donors (Lipinski definition) is 3. The van der Waals surface area contributed by atoms with Crippen molar-refractivity contribution in [1.29, 1.82) is 0 Å². The van der Waals surface area contributed by atoms with E-state index in [0.717, 1.165) is 46.1 Å². The zero-order chi connectivity index (χ0) is 42.6. The van der Waals surface area contributed by atoms with Gasteiger partial charge in [0.2, 0.25) is 0 Å². The number of fused-ring (bicyclic) bond motifs is 2. The molecule has 2 aliphatic carbocycles. The molecule has 0 saturated carbocycles. The summed E-state index contributed by atoms with van der Waals surface area (Å²) in [5, 5.41) is 31.3. The van der Waals surface area contributed by atoms with E-state index in [-0.39, 0.29) is 27.7 Å². The molecule has 12 heteroatoms. The van der Waals surface area contributed by atoms with Crippen LogP contribution in [0.4, 0.5) is 21.6 Å². The molecule has 0 aliphatic heterocycles. The molecular weight excluding hydrogens is 757 g/mol. The van der Waals surface area contributed by atoms with Gasteiger partial charge < -0.3 is 25.1 Å². The Hall–Kier alpha value is -4.13. The zero-order valence-corrected chi connectivity index (χ0v) is 37.4. The monoisotopic (exact) mass is 816 g/mol. The molecule has 1 atom stereocenters. The Labute approximate surface area is 346 Å². The normalized spacial score (nSPS) is 20.0. The molecule has 2 heterocycles. The Morgan fingerprint density at radius 1 is 0.667 bits per heavy atom. The van der Waals surface area contributed by atoms with Crippen molar-refractivity contribution in [3.8, 4) is 0 Å². The standard InChI is InChI=1S/C23H32N2O3S.C22H28N2O3S/c1-14(2)12-25(16-10-8-15(9-11-16)19(26)27)20-24-17-18(29-20)21(3,4)13-23(7,28)22(17,5)6;1-13(2)12-24(15-9-7-14(8-10-15)19(26)27)20-23-17-18(28-20)21(3,4)11-16(25)22(17,5)6/h8-11,14,28H,12-13H2,1-7H3,(H,26,27);7-10,13H,11-12H2,1-6H3,(H,26,27). The summed E-state index contributed by atoms with van der Waals surface area (Å²) in [6, 6.07) is 13.9. The van der Waals surface area contributed by atoms with E-state index in [1.807, 2.05) is 45.0 Å². The van der Waals surface area contributed by atoms with Gasteiger partial charge in [-0.15, -0.1) is 22.7 Å². The Morgan fingerprint density at radius 3 is 1.44 bits per heavy atom. The first-order valence-electron chi connectivity index (χ1n) is 19.7. The molecule has 0 radical (unpaired) electrons. The highest BCUT2D eigenvalue weighted by molar-refractivity contribution is 7.16. The summed E-state index contributed by atoms with van der Waals surface area (Å²) in [6.07, 6.45) is 1.20. The average molecular weight is 817 g/mol. The summed E-state index contributed by atoms with van der Waals surface area (Å²) in [6.45, 7) is 28.7. The van der Waals surface area contributed by atoms with Gasteiger partial charge in [0.1, 0.15) is 5.78 Å². The first kappa shape index (κ1) is 44.0. The molecule has 0 fully saturated rings. The number of hydrogen-bond acceptors (Lipinski definition) is 10. The van der Waals surface area contributed by atoms with Crippen LogP contribution in [0.3, 0.4) is 0 Å². The van der Waals surface area contributed by atoms with Gasteiger partial charge in [-0.2, -0.15) is 0 Å². The molecule has 0 saturated heterocycles. The number of benzene rings is 2. The number of thiazole rings is 2. The van der Waals surface area contributed by atoms with E-state index in [1.165, 1.54) is 9.75 Å². The number of anilines is 4. The van der Waals surface area contributed by atoms with Gasteiger partial charge in [0.25, 0.3) is 0 Å². The van der Waals surface area contributed by atoms with Crippen LogP contribution >= 0.6 is 22.7 Å². The third kappa shape index (κ3) is 8.69. The number of rotatable bonds is 10.